The maximum absolute atomic E-state index is 15.1. The van der Waals surface area contributed by atoms with E-state index in [4.69, 9.17) is 10.5 Å². The van der Waals surface area contributed by atoms with Crippen molar-refractivity contribution in [3.8, 4) is 5.75 Å². The van der Waals surface area contributed by atoms with E-state index in [0.717, 1.165) is 47.7 Å². The molecule has 5 rings (SSSR count). The Labute approximate surface area is 183 Å². The van der Waals surface area contributed by atoms with Gasteiger partial charge < -0.3 is 26.0 Å². The fourth-order valence-electron chi connectivity index (χ4n) is 4.16. The van der Waals surface area contributed by atoms with Gasteiger partial charge in [0.2, 0.25) is 0 Å². The van der Waals surface area contributed by atoms with Crippen LogP contribution in [0.5, 0.6) is 5.75 Å². The highest BCUT2D eigenvalue weighted by molar-refractivity contribution is 7.21. The Bertz CT molecular complexity index is 1160. The van der Waals surface area contributed by atoms with Crippen molar-refractivity contribution in [2.75, 3.05) is 43.4 Å². The van der Waals surface area contributed by atoms with Gasteiger partial charge in [0.25, 0.3) is 5.91 Å². The summed E-state index contributed by atoms with van der Waals surface area (Å²) in [5.74, 6) is -0.282. The van der Waals surface area contributed by atoms with Crippen LogP contribution in [0.3, 0.4) is 0 Å². The van der Waals surface area contributed by atoms with Gasteiger partial charge in [-0.2, -0.15) is 0 Å². The number of nitrogens with one attached hydrogen (secondary N) is 2. The fourth-order valence-corrected chi connectivity index (χ4v) is 5.21. The summed E-state index contributed by atoms with van der Waals surface area (Å²) >= 11 is 1.28. The lowest BCUT2D eigenvalue weighted by atomic mass is 10.0. The van der Waals surface area contributed by atoms with E-state index >= 15 is 4.39 Å². The Balaban J connectivity index is 1.32. The van der Waals surface area contributed by atoms with Crippen molar-refractivity contribution in [1.29, 1.82) is 0 Å². The fraction of sp³-hybridized carbons (Fsp3) is 0.364. The molecule has 2 aliphatic rings. The molecule has 7 nitrogen and oxygen atoms in total. The summed E-state index contributed by atoms with van der Waals surface area (Å²) in [4.78, 5) is 20.6. The van der Waals surface area contributed by atoms with E-state index in [0.29, 0.717) is 28.4 Å². The number of ether oxygens (including phenoxy) is 1. The molecule has 4 N–H and O–H groups in total. The van der Waals surface area contributed by atoms with Gasteiger partial charge >= 0.3 is 0 Å². The Morgan fingerprint density at radius 1 is 1.32 bits per heavy atom. The van der Waals surface area contributed by atoms with Gasteiger partial charge in [0.1, 0.15) is 16.3 Å². The smallest absolute Gasteiger partial charge is 0.263 e. The van der Waals surface area contributed by atoms with Crippen molar-refractivity contribution >= 4 is 38.8 Å². The molecule has 0 saturated carbocycles. The number of fused-ring (bicyclic) bond motifs is 2. The molecular weight excluding hydrogens is 417 g/mol. The number of benzene rings is 1. The lowest BCUT2D eigenvalue weighted by molar-refractivity contribution is 0.0919. The van der Waals surface area contributed by atoms with Crippen LogP contribution in [0.15, 0.2) is 24.3 Å². The van der Waals surface area contributed by atoms with E-state index < -0.39 is 0 Å². The molecular formula is C22H24FN5O2S. The average molecular weight is 442 g/mol. The number of aryl methyl sites for hydroxylation is 1. The number of hydrogen-bond acceptors (Lipinski definition) is 7. The second kappa shape index (κ2) is 7.97. The summed E-state index contributed by atoms with van der Waals surface area (Å²) in [6.07, 6.45) is 0.502. The predicted octanol–water partition coefficient (Wildman–Crippen LogP) is 2.47. The Hall–Kier alpha value is -2.91. The van der Waals surface area contributed by atoms with Gasteiger partial charge in [-0.15, -0.1) is 11.3 Å². The third-order valence-electron chi connectivity index (χ3n) is 5.79. The first-order valence-electron chi connectivity index (χ1n) is 10.4. The molecule has 1 saturated heterocycles. The lowest BCUT2D eigenvalue weighted by Crippen LogP contribution is -2.44. The maximum atomic E-state index is 15.1. The number of carbonyl (C=O) groups is 1. The normalized spacial score (nSPS) is 18.5. The zero-order chi connectivity index (χ0) is 21.5. The molecule has 1 fully saturated rings. The molecule has 0 unspecified atom stereocenters. The Kier molecular flexibility index (Phi) is 5.15. The third-order valence-corrected chi connectivity index (χ3v) is 6.90. The number of amides is 1. The number of nitrogens with zero attached hydrogens (tertiary/aromatic N) is 2. The van der Waals surface area contributed by atoms with Crippen molar-refractivity contribution < 1.29 is 13.9 Å². The highest BCUT2D eigenvalue weighted by Gasteiger charge is 2.28. The summed E-state index contributed by atoms with van der Waals surface area (Å²) < 4.78 is 20.9. The number of nitrogen functional groups attached to an aromatic ring is 1. The zero-order valence-corrected chi connectivity index (χ0v) is 18.0. The molecule has 31 heavy (non-hydrogen) atoms. The van der Waals surface area contributed by atoms with Gasteiger partial charge in [0.15, 0.2) is 11.6 Å². The molecule has 162 valence electrons. The number of halogens is 1. The first-order valence-corrected chi connectivity index (χ1v) is 11.2. The number of anilines is 2. The number of aromatic nitrogens is 1. The van der Waals surface area contributed by atoms with Gasteiger partial charge in [-0.3, -0.25) is 4.79 Å². The molecule has 0 bridgehead atoms. The van der Waals surface area contributed by atoms with E-state index in [1.54, 1.807) is 0 Å². The molecule has 3 aromatic rings. The molecule has 2 aliphatic heterocycles. The van der Waals surface area contributed by atoms with Crippen molar-refractivity contribution in [3.63, 3.8) is 0 Å². The number of rotatable bonds is 3. The molecule has 1 aromatic carbocycles. The quantitative estimate of drug-likeness (QED) is 0.578. The van der Waals surface area contributed by atoms with E-state index in [1.807, 2.05) is 36.1 Å². The SMILES string of the molecule is Cc1ccc2c(N)c(C(=O)N[C@H]3COc4c(ccc(N5CCNCC5)c4F)C3)sc2n1. The number of carbonyl (C=O) groups excluding carboxylic acids is 1. The van der Waals surface area contributed by atoms with E-state index in [9.17, 15) is 4.79 Å². The zero-order valence-electron chi connectivity index (χ0n) is 17.2. The molecule has 2 aromatic heterocycles. The van der Waals surface area contributed by atoms with Crippen LogP contribution in [0.25, 0.3) is 10.2 Å². The van der Waals surface area contributed by atoms with Crippen LogP contribution in [-0.4, -0.2) is 49.7 Å². The first-order chi connectivity index (χ1) is 15.0. The van der Waals surface area contributed by atoms with Crippen molar-refractivity contribution in [3.05, 3.63) is 46.2 Å². The minimum Gasteiger partial charge on any atom is -0.488 e. The summed E-state index contributed by atoms with van der Waals surface area (Å²) in [5, 5.41) is 7.04. The number of pyridine rings is 1. The summed E-state index contributed by atoms with van der Waals surface area (Å²) in [5.41, 5.74) is 8.84. The van der Waals surface area contributed by atoms with Gasteiger partial charge in [0.05, 0.1) is 17.4 Å². The molecule has 9 heteroatoms. The van der Waals surface area contributed by atoms with Crippen molar-refractivity contribution in [2.24, 2.45) is 0 Å². The van der Waals surface area contributed by atoms with Crippen molar-refractivity contribution in [2.45, 2.75) is 19.4 Å². The second-order valence-electron chi connectivity index (χ2n) is 7.96. The van der Waals surface area contributed by atoms with Gasteiger partial charge in [-0.1, -0.05) is 6.07 Å². The molecule has 4 heterocycles. The predicted molar refractivity (Wildman–Crippen MR) is 121 cm³/mol. The third kappa shape index (κ3) is 3.68. The summed E-state index contributed by atoms with van der Waals surface area (Å²) in [7, 11) is 0. The summed E-state index contributed by atoms with van der Waals surface area (Å²) in [6, 6.07) is 7.21. The van der Waals surface area contributed by atoms with Crippen LogP contribution in [0.1, 0.15) is 20.9 Å². The molecule has 1 atom stereocenters. The van der Waals surface area contributed by atoms with Gasteiger partial charge in [-0.25, -0.2) is 9.37 Å². The van der Waals surface area contributed by atoms with Crippen LogP contribution < -0.4 is 26.0 Å². The minimum absolute atomic E-state index is 0.211. The van der Waals surface area contributed by atoms with Crippen LogP contribution in [0, 0.1) is 12.7 Å². The van der Waals surface area contributed by atoms with E-state index in [1.165, 1.54) is 11.3 Å². The number of thiophene rings is 1. The monoisotopic (exact) mass is 441 g/mol. The molecule has 0 spiro atoms. The Morgan fingerprint density at radius 3 is 2.94 bits per heavy atom. The van der Waals surface area contributed by atoms with Crippen LogP contribution >= 0.6 is 11.3 Å². The van der Waals surface area contributed by atoms with Crippen molar-refractivity contribution in [1.82, 2.24) is 15.6 Å². The number of hydrogen-bond donors (Lipinski definition) is 3. The van der Waals surface area contributed by atoms with Crippen LogP contribution in [-0.2, 0) is 6.42 Å². The highest BCUT2D eigenvalue weighted by atomic mass is 32.1. The maximum Gasteiger partial charge on any atom is 0.263 e. The van der Waals surface area contributed by atoms with E-state index in [-0.39, 0.29) is 24.4 Å². The van der Waals surface area contributed by atoms with E-state index in [2.05, 4.69) is 15.6 Å². The second-order valence-corrected chi connectivity index (χ2v) is 8.96. The standard InChI is InChI=1S/C22H24FN5O2S/c1-12-2-4-15-18(24)20(31-22(15)26-12)21(29)27-14-10-13-3-5-16(17(23)19(13)30-11-14)28-8-6-25-7-9-28/h2-5,14,25H,6-11,24H2,1H3,(H,27,29)/t14-/m1/s1. The highest BCUT2D eigenvalue weighted by Crippen LogP contribution is 2.35. The first kappa shape index (κ1) is 20.0. The topological polar surface area (TPSA) is 92.5 Å². The molecule has 0 radical (unpaired) electrons. The minimum atomic E-state index is -0.320. The average Bonchev–Trinajstić information content (AvgIpc) is 3.10. The lowest BCUT2D eigenvalue weighted by Gasteiger charge is -2.32. The Morgan fingerprint density at radius 2 is 2.13 bits per heavy atom. The van der Waals surface area contributed by atoms with Gasteiger partial charge in [-0.05, 0) is 37.1 Å². The van der Waals surface area contributed by atoms with Gasteiger partial charge in [0, 0.05) is 37.3 Å². The molecule has 1 amide bonds. The largest absolute Gasteiger partial charge is 0.488 e. The molecule has 0 aliphatic carbocycles. The number of nitrogens with two attached hydrogens (primary N) is 1. The number of piperazine rings is 1. The van der Waals surface area contributed by atoms with Crippen LogP contribution in [0.2, 0.25) is 0 Å². The van der Waals surface area contributed by atoms with Crippen LogP contribution in [0.4, 0.5) is 15.8 Å². The summed E-state index contributed by atoms with van der Waals surface area (Å²) in [6.45, 7) is 5.31.